The van der Waals surface area contributed by atoms with Crippen molar-refractivity contribution in [1.29, 1.82) is 0 Å². The van der Waals surface area contributed by atoms with Crippen LogP contribution in [-0.4, -0.2) is 0 Å². The molecule has 0 amide bonds. The molecule has 0 aliphatic heterocycles. The van der Waals surface area contributed by atoms with Crippen molar-refractivity contribution >= 4 is 5.57 Å². The molecule has 0 unspecified atom stereocenters. The molecule has 0 atom stereocenters. The maximum atomic E-state index is 3.82. The molecular weight excluding hydrogens is 266 g/mol. The average Bonchev–Trinajstić information content (AvgIpc) is 2.59. The fraction of sp³-hybridized carbons (Fsp3) is 0.0476. The molecule has 22 heavy (non-hydrogen) atoms. The molecule has 0 fully saturated rings. The van der Waals surface area contributed by atoms with Crippen molar-refractivity contribution in [2.24, 2.45) is 0 Å². The fourth-order valence-electron chi connectivity index (χ4n) is 2.17. The van der Waals surface area contributed by atoms with E-state index in [4.69, 9.17) is 0 Å². The molecule has 0 spiro atoms. The summed E-state index contributed by atoms with van der Waals surface area (Å²) in [5.74, 6) is 0. The second kappa shape index (κ2) is 7.84. The Balaban J connectivity index is 2.45. The van der Waals surface area contributed by atoms with Crippen molar-refractivity contribution in [3.63, 3.8) is 0 Å². The van der Waals surface area contributed by atoms with E-state index in [1.807, 2.05) is 25.3 Å². The van der Waals surface area contributed by atoms with Crippen LogP contribution in [-0.2, 0) is 0 Å². The zero-order valence-electron chi connectivity index (χ0n) is 12.9. The van der Waals surface area contributed by atoms with Crippen LogP contribution in [0.5, 0.6) is 0 Å². The van der Waals surface area contributed by atoms with Gasteiger partial charge < -0.3 is 5.32 Å². The van der Waals surface area contributed by atoms with E-state index >= 15 is 0 Å². The molecule has 2 rings (SSSR count). The maximum Gasteiger partial charge on any atom is 0.00834 e. The van der Waals surface area contributed by atoms with Crippen LogP contribution in [0.1, 0.15) is 12.5 Å². The Kier molecular flexibility index (Phi) is 5.56. The van der Waals surface area contributed by atoms with Crippen LogP contribution in [0.3, 0.4) is 0 Å². The molecule has 2 aromatic carbocycles. The predicted molar refractivity (Wildman–Crippen MR) is 97.1 cm³/mol. The van der Waals surface area contributed by atoms with Gasteiger partial charge in [-0.1, -0.05) is 73.3 Å². The van der Waals surface area contributed by atoms with Gasteiger partial charge in [-0.15, -0.1) is 0 Å². The summed E-state index contributed by atoms with van der Waals surface area (Å²) in [6.45, 7) is 9.55. The minimum atomic E-state index is 1.09. The third-order valence-corrected chi connectivity index (χ3v) is 3.36. The van der Waals surface area contributed by atoms with Gasteiger partial charge in [0.15, 0.2) is 0 Å². The van der Waals surface area contributed by atoms with Crippen molar-refractivity contribution in [1.82, 2.24) is 5.32 Å². The molecule has 1 N–H and O–H groups in total. The van der Waals surface area contributed by atoms with Gasteiger partial charge in [-0.2, -0.15) is 0 Å². The summed E-state index contributed by atoms with van der Waals surface area (Å²) in [6, 6.07) is 18.9. The molecule has 0 aromatic heterocycles. The number of hydrogen-bond acceptors (Lipinski definition) is 1. The lowest BCUT2D eigenvalue weighted by Crippen LogP contribution is -1.94. The van der Waals surface area contributed by atoms with E-state index in [1.165, 1.54) is 11.1 Å². The normalized spacial score (nSPS) is 11.9. The Bertz CT molecular complexity index is 706. The quantitative estimate of drug-likeness (QED) is 0.686. The highest BCUT2D eigenvalue weighted by Gasteiger charge is 2.02. The average molecular weight is 287 g/mol. The Morgan fingerprint density at radius 2 is 1.68 bits per heavy atom. The molecular formula is C21H21N. The third-order valence-electron chi connectivity index (χ3n) is 3.36. The molecule has 0 heterocycles. The molecule has 0 radical (unpaired) electrons. The molecule has 1 heteroatoms. The van der Waals surface area contributed by atoms with E-state index in [0.29, 0.717) is 0 Å². The van der Waals surface area contributed by atoms with Gasteiger partial charge in [0.1, 0.15) is 0 Å². The lowest BCUT2D eigenvalue weighted by atomic mass is 9.98. The van der Waals surface area contributed by atoms with Gasteiger partial charge in [0.05, 0.1) is 0 Å². The molecule has 110 valence electrons. The zero-order valence-corrected chi connectivity index (χ0v) is 12.9. The van der Waals surface area contributed by atoms with Crippen LogP contribution < -0.4 is 5.32 Å². The Morgan fingerprint density at radius 3 is 2.36 bits per heavy atom. The summed E-state index contributed by atoms with van der Waals surface area (Å²) in [7, 11) is 0. The number of allylic oxidation sites excluding steroid dienone is 4. The SMILES string of the molecule is C=CN/C=C(\C=C(/C)C=C)c1cccc(-c2ccccc2)c1. The molecule has 2 aromatic rings. The van der Waals surface area contributed by atoms with E-state index in [0.717, 1.165) is 16.7 Å². The van der Waals surface area contributed by atoms with E-state index in [1.54, 1.807) is 6.20 Å². The van der Waals surface area contributed by atoms with E-state index < -0.39 is 0 Å². The van der Waals surface area contributed by atoms with E-state index in [2.05, 4.69) is 73.1 Å². The highest BCUT2D eigenvalue weighted by molar-refractivity contribution is 5.78. The number of nitrogens with one attached hydrogen (secondary N) is 1. The van der Waals surface area contributed by atoms with Crippen molar-refractivity contribution in [3.05, 3.63) is 103 Å². The van der Waals surface area contributed by atoms with E-state index in [9.17, 15) is 0 Å². The lowest BCUT2D eigenvalue weighted by molar-refractivity contribution is 1.21. The van der Waals surface area contributed by atoms with Gasteiger partial charge in [-0.05, 0) is 47.5 Å². The molecule has 0 saturated heterocycles. The third kappa shape index (κ3) is 4.10. The van der Waals surface area contributed by atoms with Gasteiger partial charge in [0.2, 0.25) is 0 Å². The number of rotatable bonds is 6. The lowest BCUT2D eigenvalue weighted by Gasteiger charge is -2.08. The predicted octanol–water partition coefficient (Wildman–Crippen LogP) is 5.56. The van der Waals surface area contributed by atoms with Gasteiger partial charge in [0, 0.05) is 6.20 Å². The Labute approximate surface area is 133 Å². The first kappa shape index (κ1) is 15.6. The summed E-state index contributed by atoms with van der Waals surface area (Å²) >= 11 is 0. The van der Waals surface area contributed by atoms with Crippen LogP contribution in [0, 0.1) is 0 Å². The summed E-state index contributed by atoms with van der Waals surface area (Å²) in [5.41, 5.74) is 5.77. The minimum Gasteiger partial charge on any atom is -0.368 e. The molecule has 0 aliphatic carbocycles. The molecule has 1 nitrogen and oxygen atoms in total. The van der Waals surface area contributed by atoms with Crippen molar-refractivity contribution in [2.45, 2.75) is 6.92 Å². The van der Waals surface area contributed by atoms with Gasteiger partial charge in [0.25, 0.3) is 0 Å². The monoisotopic (exact) mass is 287 g/mol. The van der Waals surface area contributed by atoms with Gasteiger partial charge in [-0.3, -0.25) is 0 Å². The summed E-state index contributed by atoms with van der Waals surface area (Å²) < 4.78 is 0. The molecule has 0 aliphatic rings. The second-order valence-electron chi connectivity index (χ2n) is 5.01. The number of benzene rings is 2. The maximum absolute atomic E-state index is 3.82. The largest absolute Gasteiger partial charge is 0.368 e. The highest BCUT2D eigenvalue weighted by atomic mass is 14.8. The summed E-state index contributed by atoms with van der Waals surface area (Å²) in [4.78, 5) is 0. The van der Waals surface area contributed by atoms with E-state index in [-0.39, 0.29) is 0 Å². The van der Waals surface area contributed by atoms with Crippen LogP contribution in [0.2, 0.25) is 0 Å². The van der Waals surface area contributed by atoms with Crippen LogP contribution in [0.4, 0.5) is 0 Å². The molecule has 0 bridgehead atoms. The first-order chi connectivity index (χ1) is 10.7. The first-order valence-corrected chi connectivity index (χ1v) is 7.28. The van der Waals surface area contributed by atoms with Crippen LogP contribution >= 0.6 is 0 Å². The van der Waals surface area contributed by atoms with Crippen molar-refractivity contribution in [2.75, 3.05) is 0 Å². The van der Waals surface area contributed by atoms with Gasteiger partial charge in [-0.25, -0.2) is 0 Å². The molecule has 0 saturated carbocycles. The summed E-state index contributed by atoms with van der Waals surface area (Å²) in [6.07, 6.45) is 7.57. The Hall–Kier alpha value is -2.80. The van der Waals surface area contributed by atoms with Crippen LogP contribution in [0.25, 0.3) is 16.7 Å². The highest BCUT2D eigenvalue weighted by Crippen LogP contribution is 2.24. The topological polar surface area (TPSA) is 12.0 Å². The minimum absolute atomic E-state index is 1.09. The zero-order chi connectivity index (χ0) is 15.8. The first-order valence-electron chi connectivity index (χ1n) is 7.28. The number of hydrogen-bond donors (Lipinski definition) is 1. The van der Waals surface area contributed by atoms with Crippen molar-refractivity contribution in [3.8, 4) is 11.1 Å². The van der Waals surface area contributed by atoms with Crippen LogP contribution in [0.15, 0.2) is 97.9 Å². The van der Waals surface area contributed by atoms with Crippen molar-refractivity contribution < 1.29 is 0 Å². The fourth-order valence-corrected chi connectivity index (χ4v) is 2.17. The van der Waals surface area contributed by atoms with Gasteiger partial charge >= 0.3 is 0 Å². The smallest absolute Gasteiger partial charge is 0.00834 e. The standard InChI is InChI=1S/C21H21N/c1-4-17(3)14-21(16-22-5-2)20-13-9-12-19(15-20)18-10-7-6-8-11-18/h4-16,22H,1-2H2,3H3/b17-14+,21-16+. The Morgan fingerprint density at radius 1 is 0.955 bits per heavy atom. The second-order valence-corrected chi connectivity index (χ2v) is 5.01. The summed E-state index contributed by atoms with van der Waals surface area (Å²) in [5, 5.41) is 3.06.